The molecule has 0 amide bonds. The van der Waals surface area contributed by atoms with E-state index in [4.69, 9.17) is 4.43 Å². The van der Waals surface area contributed by atoms with Gasteiger partial charge < -0.3 is 4.43 Å². The average Bonchev–Trinajstić information content (AvgIpc) is 2.12. The summed E-state index contributed by atoms with van der Waals surface area (Å²) >= 11 is 0. The smallest absolute Gasteiger partial charge is 0.241 e. The molecule has 1 aliphatic carbocycles. The zero-order valence-corrected chi connectivity index (χ0v) is 8.72. The zero-order chi connectivity index (χ0) is 8.48. The van der Waals surface area contributed by atoms with Crippen molar-refractivity contribution in [2.75, 3.05) is 0 Å². The van der Waals surface area contributed by atoms with Gasteiger partial charge in [0.05, 0.1) is 5.76 Å². The van der Waals surface area contributed by atoms with E-state index in [0.29, 0.717) is 5.92 Å². The molecule has 0 aromatic heterocycles. The highest BCUT2D eigenvalue weighted by atomic mass is 28.4. The van der Waals surface area contributed by atoms with Gasteiger partial charge in [-0.3, -0.25) is 0 Å². The van der Waals surface area contributed by atoms with E-state index < -0.39 is 8.32 Å². The monoisotopic (exact) mass is 168 g/mol. The highest BCUT2D eigenvalue weighted by Crippen LogP contribution is 2.23. The number of hydrogen-bond acceptors (Lipinski definition) is 1. The molecule has 0 aromatic carbocycles. The van der Waals surface area contributed by atoms with Gasteiger partial charge in [0.2, 0.25) is 8.32 Å². The second-order valence-corrected chi connectivity index (χ2v) is 8.39. The Bertz CT molecular complexity index is 198. The third-order valence-corrected chi connectivity index (χ3v) is 2.38. The van der Waals surface area contributed by atoms with Crippen LogP contribution in [0.15, 0.2) is 24.0 Å². The second-order valence-electron chi connectivity index (χ2n) is 3.96. The predicted molar refractivity (Wildman–Crippen MR) is 50.8 cm³/mol. The Hall–Kier alpha value is -0.503. The van der Waals surface area contributed by atoms with Gasteiger partial charge in [-0.1, -0.05) is 19.1 Å². The highest BCUT2D eigenvalue weighted by molar-refractivity contribution is 6.70. The van der Waals surface area contributed by atoms with E-state index in [1.54, 1.807) is 0 Å². The molecule has 1 unspecified atom stereocenters. The standard InChI is InChI=1S/C9H16OSi/c1-8-6-5-7-9(8)10-11(2,3)4/h5-8H,1-4H3. The van der Waals surface area contributed by atoms with Crippen LogP contribution in [0.5, 0.6) is 0 Å². The SMILES string of the molecule is CC1C=CC=C1O[Si](C)(C)C. The lowest BCUT2D eigenvalue weighted by atomic mass is 10.2. The summed E-state index contributed by atoms with van der Waals surface area (Å²) in [6.07, 6.45) is 6.30. The Morgan fingerprint density at radius 3 is 2.36 bits per heavy atom. The minimum atomic E-state index is -1.37. The van der Waals surface area contributed by atoms with Crippen LogP contribution in [0.25, 0.3) is 0 Å². The van der Waals surface area contributed by atoms with E-state index in [9.17, 15) is 0 Å². The molecule has 2 heteroatoms. The van der Waals surface area contributed by atoms with Gasteiger partial charge >= 0.3 is 0 Å². The Balaban J connectivity index is 2.53. The molecule has 1 rings (SSSR count). The van der Waals surface area contributed by atoms with E-state index in [0.717, 1.165) is 5.76 Å². The maximum Gasteiger partial charge on any atom is 0.241 e. The maximum atomic E-state index is 5.85. The number of rotatable bonds is 2. The largest absolute Gasteiger partial charge is 0.547 e. The van der Waals surface area contributed by atoms with Crippen LogP contribution in [0, 0.1) is 5.92 Å². The molecule has 0 heterocycles. The Morgan fingerprint density at radius 2 is 2.00 bits per heavy atom. The van der Waals surface area contributed by atoms with Crippen molar-refractivity contribution in [3.8, 4) is 0 Å². The first kappa shape index (κ1) is 8.59. The minimum absolute atomic E-state index is 0.488. The molecule has 0 spiro atoms. The fraction of sp³-hybridized carbons (Fsp3) is 0.556. The second kappa shape index (κ2) is 2.86. The summed E-state index contributed by atoms with van der Waals surface area (Å²) in [6.45, 7) is 8.78. The van der Waals surface area contributed by atoms with Crippen LogP contribution in [-0.2, 0) is 4.43 Å². The highest BCUT2D eigenvalue weighted by Gasteiger charge is 2.20. The molecule has 0 saturated carbocycles. The molecule has 11 heavy (non-hydrogen) atoms. The Labute approximate surface area is 69.9 Å². The summed E-state index contributed by atoms with van der Waals surface area (Å²) in [6, 6.07) is 0. The van der Waals surface area contributed by atoms with Crippen molar-refractivity contribution >= 4 is 8.32 Å². The van der Waals surface area contributed by atoms with E-state index in [-0.39, 0.29) is 0 Å². The lowest BCUT2D eigenvalue weighted by molar-refractivity contribution is 0.382. The first-order valence-corrected chi connectivity index (χ1v) is 7.47. The summed E-state index contributed by atoms with van der Waals surface area (Å²) in [5, 5.41) is 0. The van der Waals surface area contributed by atoms with Gasteiger partial charge in [-0.05, 0) is 25.7 Å². The van der Waals surface area contributed by atoms with Crippen molar-refractivity contribution < 1.29 is 4.43 Å². The molecule has 0 fully saturated rings. The molecule has 1 atom stereocenters. The van der Waals surface area contributed by atoms with Gasteiger partial charge in [-0.2, -0.15) is 0 Å². The van der Waals surface area contributed by atoms with Crippen molar-refractivity contribution in [2.24, 2.45) is 5.92 Å². The van der Waals surface area contributed by atoms with Gasteiger partial charge in [0.15, 0.2) is 0 Å². The summed E-state index contributed by atoms with van der Waals surface area (Å²) in [5.74, 6) is 1.63. The molecule has 0 bridgehead atoms. The van der Waals surface area contributed by atoms with Crippen LogP contribution >= 0.6 is 0 Å². The molecular formula is C9H16OSi. The molecule has 0 aliphatic heterocycles. The topological polar surface area (TPSA) is 9.23 Å². The summed E-state index contributed by atoms with van der Waals surface area (Å²) < 4.78 is 5.85. The van der Waals surface area contributed by atoms with Crippen LogP contribution < -0.4 is 0 Å². The van der Waals surface area contributed by atoms with Gasteiger partial charge in [0, 0.05) is 5.92 Å². The minimum Gasteiger partial charge on any atom is -0.547 e. The van der Waals surface area contributed by atoms with Crippen LogP contribution in [0.3, 0.4) is 0 Å². The molecule has 0 saturated heterocycles. The quantitative estimate of drug-likeness (QED) is 0.576. The Morgan fingerprint density at radius 1 is 1.36 bits per heavy atom. The van der Waals surface area contributed by atoms with Crippen LogP contribution in [-0.4, -0.2) is 8.32 Å². The fourth-order valence-corrected chi connectivity index (χ4v) is 2.01. The van der Waals surface area contributed by atoms with E-state index in [2.05, 4.69) is 44.8 Å². The molecular weight excluding hydrogens is 152 g/mol. The first-order valence-electron chi connectivity index (χ1n) is 4.06. The van der Waals surface area contributed by atoms with Crippen molar-refractivity contribution in [3.63, 3.8) is 0 Å². The Kier molecular flexibility index (Phi) is 2.23. The van der Waals surface area contributed by atoms with Crippen molar-refractivity contribution in [3.05, 3.63) is 24.0 Å². The molecule has 1 aliphatic rings. The van der Waals surface area contributed by atoms with Gasteiger partial charge in [-0.15, -0.1) is 0 Å². The third kappa shape index (κ3) is 2.54. The molecule has 1 nitrogen and oxygen atoms in total. The van der Waals surface area contributed by atoms with Crippen LogP contribution in [0.2, 0.25) is 19.6 Å². The third-order valence-electron chi connectivity index (χ3n) is 1.53. The van der Waals surface area contributed by atoms with E-state index in [1.165, 1.54) is 0 Å². The summed E-state index contributed by atoms with van der Waals surface area (Å²) in [5.41, 5.74) is 0. The molecule has 0 radical (unpaired) electrons. The maximum absolute atomic E-state index is 5.85. The number of hydrogen-bond donors (Lipinski definition) is 0. The van der Waals surface area contributed by atoms with Crippen LogP contribution in [0.4, 0.5) is 0 Å². The number of allylic oxidation sites excluding steroid dienone is 3. The summed E-state index contributed by atoms with van der Waals surface area (Å²) in [4.78, 5) is 0. The lowest BCUT2D eigenvalue weighted by Crippen LogP contribution is -2.25. The van der Waals surface area contributed by atoms with Crippen molar-refractivity contribution in [2.45, 2.75) is 26.6 Å². The van der Waals surface area contributed by atoms with E-state index in [1.807, 2.05) is 0 Å². The van der Waals surface area contributed by atoms with Crippen LogP contribution in [0.1, 0.15) is 6.92 Å². The van der Waals surface area contributed by atoms with Crippen molar-refractivity contribution in [1.29, 1.82) is 0 Å². The van der Waals surface area contributed by atoms with E-state index >= 15 is 0 Å². The zero-order valence-electron chi connectivity index (χ0n) is 7.72. The molecule has 62 valence electrons. The normalized spacial score (nSPS) is 23.6. The fourth-order valence-electron chi connectivity index (χ4n) is 1.04. The van der Waals surface area contributed by atoms with Gasteiger partial charge in [0.1, 0.15) is 0 Å². The predicted octanol–water partition coefficient (Wildman–Crippen LogP) is 2.93. The van der Waals surface area contributed by atoms with Gasteiger partial charge in [0.25, 0.3) is 0 Å². The summed E-state index contributed by atoms with van der Waals surface area (Å²) in [7, 11) is -1.37. The molecule has 0 N–H and O–H groups in total. The van der Waals surface area contributed by atoms with Crippen molar-refractivity contribution in [1.82, 2.24) is 0 Å². The van der Waals surface area contributed by atoms with Gasteiger partial charge in [-0.25, -0.2) is 0 Å². The molecule has 0 aromatic rings. The first-order chi connectivity index (χ1) is 4.99. The average molecular weight is 168 g/mol. The lowest BCUT2D eigenvalue weighted by Gasteiger charge is -2.22.